The summed E-state index contributed by atoms with van der Waals surface area (Å²) in [7, 11) is 1.60. The molecule has 4 rings (SSSR count). The third-order valence-electron chi connectivity index (χ3n) is 5.51. The number of morpholine rings is 1. The first-order valence-electron chi connectivity index (χ1n) is 11.0. The minimum atomic E-state index is -0.146. The summed E-state index contributed by atoms with van der Waals surface area (Å²) in [5.41, 5.74) is 1.74. The van der Waals surface area contributed by atoms with Crippen molar-refractivity contribution in [1.82, 2.24) is 9.88 Å². The van der Waals surface area contributed by atoms with Crippen LogP contribution in [0.15, 0.2) is 36.4 Å². The Morgan fingerprint density at radius 2 is 2.09 bits per heavy atom. The molecule has 1 aromatic heterocycles. The van der Waals surface area contributed by atoms with E-state index in [-0.39, 0.29) is 12.5 Å². The summed E-state index contributed by atoms with van der Waals surface area (Å²) in [6, 6.07) is 11.3. The molecule has 0 N–H and O–H groups in total. The molecule has 0 unspecified atom stereocenters. The summed E-state index contributed by atoms with van der Waals surface area (Å²) in [5.74, 6) is 1.16. The average molecular weight is 490 g/mol. The molecule has 1 amide bonds. The predicted molar refractivity (Wildman–Crippen MR) is 132 cm³/mol. The van der Waals surface area contributed by atoms with Crippen LogP contribution >= 0.6 is 22.9 Å². The first kappa shape index (κ1) is 23.8. The van der Waals surface area contributed by atoms with Crippen molar-refractivity contribution in [3.63, 3.8) is 0 Å². The van der Waals surface area contributed by atoms with Crippen LogP contribution < -0.4 is 14.4 Å². The van der Waals surface area contributed by atoms with Crippen molar-refractivity contribution in [1.29, 1.82) is 0 Å². The van der Waals surface area contributed by atoms with E-state index in [1.54, 1.807) is 24.1 Å². The molecular formula is C24H28ClN3O4S. The number of rotatable bonds is 9. The number of hydrogen-bond acceptors (Lipinski definition) is 7. The van der Waals surface area contributed by atoms with Crippen molar-refractivity contribution >= 4 is 44.2 Å². The number of nitrogens with zero attached hydrogens (tertiary/aromatic N) is 3. The number of carbonyl (C=O) groups is 1. The third kappa shape index (κ3) is 5.95. The van der Waals surface area contributed by atoms with Gasteiger partial charge in [-0.15, -0.1) is 0 Å². The first-order chi connectivity index (χ1) is 16.0. The van der Waals surface area contributed by atoms with Gasteiger partial charge in [-0.25, -0.2) is 4.98 Å². The molecule has 1 aliphatic heterocycles. The molecule has 3 aromatic rings. The number of aryl methyl sites for hydroxylation is 1. The normalized spacial score (nSPS) is 14.4. The number of methoxy groups -OCH3 is 1. The number of carbonyl (C=O) groups excluding carboxylic acids is 1. The van der Waals surface area contributed by atoms with Gasteiger partial charge in [0.1, 0.15) is 17.0 Å². The Balaban J connectivity index is 1.53. The van der Waals surface area contributed by atoms with Crippen molar-refractivity contribution in [2.45, 2.75) is 13.3 Å². The molecule has 2 heterocycles. The van der Waals surface area contributed by atoms with Gasteiger partial charge in [0, 0.05) is 26.2 Å². The lowest BCUT2D eigenvalue weighted by Crippen LogP contribution is -2.40. The lowest BCUT2D eigenvalue weighted by molar-refractivity contribution is -0.120. The van der Waals surface area contributed by atoms with Gasteiger partial charge in [-0.05, 0) is 43.2 Å². The van der Waals surface area contributed by atoms with Gasteiger partial charge in [0.2, 0.25) is 0 Å². The molecule has 2 aromatic carbocycles. The SMILES string of the molecule is COc1ccc(Cl)c2sc(N(CCCN3CCOCC3)C(=O)COc3cccc(C)c3)nc12. The van der Waals surface area contributed by atoms with E-state index in [4.69, 9.17) is 30.8 Å². The highest BCUT2D eigenvalue weighted by Crippen LogP contribution is 2.38. The van der Waals surface area contributed by atoms with Crippen molar-refractivity contribution in [2.24, 2.45) is 0 Å². The minimum absolute atomic E-state index is 0.0677. The van der Waals surface area contributed by atoms with Crippen LogP contribution in [0.2, 0.25) is 5.02 Å². The van der Waals surface area contributed by atoms with Gasteiger partial charge in [0.05, 0.1) is 30.0 Å². The highest BCUT2D eigenvalue weighted by Gasteiger charge is 2.23. The highest BCUT2D eigenvalue weighted by atomic mass is 35.5. The van der Waals surface area contributed by atoms with E-state index in [0.717, 1.165) is 49.5 Å². The monoisotopic (exact) mass is 489 g/mol. The highest BCUT2D eigenvalue weighted by molar-refractivity contribution is 7.23. The van der Waals surface area contributed by atoms with Crippen LogP contribution in [0, 0.1) is 6.92 Å². The Morgan fingerprint density at radius 1 is 1.27 bits per heavy atom. The van der Waals surface area contributed by atoms with Gasteiger partial charge in [-0.3, -0.25) is 14.6 Å². The number of fused-ring (bicyclic) bond motifs is 1. The molecule has 0 spiro atoms. The fourth-order valence-corrected chi connectivity index (χ4v) is 5.05. The number of halogens is 1. The Morgan fingerprint density at radius 3 is 2.85 bits per heavy atom. The van der Waals surface area contributed by atoms with E-state index in [1.807, 2.05) is 31.2 Å². The quantitative estimate of drug-likeness (QED) is 0.444. The average Bonchev–Trinajstić information content (AvgIpc) is 3.27. The lowest BCUT2D eigenvalue weighted by Gasteiger charge is -2.27. The van der Waals surface area contributed by atoms with E-state index < -0.39 is 0 Å². The van der Waals surface area contributed by atoms with Crippen LogP contribution in [0.3, 0.4) is 0 Å². The van der Waals surface area contributed by atoms with Crippen molar-refractivity contribution in [3.8, 4) is 11.5 Å². The van der Waals surface area contributed by atoms with E-state index in [0.29, 0.717) is 33.7 Å². The molecule has 7 nitrogen and oxygen atoms in total. The van der Waals surface area contributed by atoms with E-state index >= 15 is 0 Å². The number of benzene rings is 2. The summed E-state index contributed by atoms with van der Waals surface area (Å²) < 4.78 is 17.5. The number of hydrogen-bond donors (Lipinski definition) is 0. The van der Waals surface area contributed by atoms with E-state index in [2.05, 4.69) is 4.90 Å². The van der Waals surface area contributed by atoms with E-state index in [9.17, 15) is 4.79 Å². The topological polar surface area (TPSA) is 64.1 Å². The molecule has 0 radical (unpaired) electrons. The smallest absolute Gasteiger partial charge is 0.266 e. The zero-order chi connectivity index (χ0) is 23.2. The van der Waals surface area contributed by atoms with Crippen LogP contribution in [0.4, 0.5) is 5.13 Å². The molecule has 1 saturated heterocycles. The molecule has 0 bridgehead atoms. The van der Waals surface area contributed by atoms with Gasteiger partial charge < -0.3 is 14.2 Å². The summed E-state index contributed by atoms with van der Waals surface area (Å²) in [6.07, 6.45) is 0.816. The molecular weight excluding hydrogens is 462 g/mol. The van der Waals surface area contributed by atoms with Crippen LogP contribution in [-0.4, -0.2) is 68.9 Å². The fourth-order valence-electron chi connectivity index (χ4n) is 3.75. The molecule has 1 aliphatic rings. The van der Waals surface area contributed by atoms with Crippen LogP contribution in [0.5, 0.6) is 11.5 Å². The Kier molecular flexibility index (Phi) is 8.03. The first-order valence-corrected chi connectivity index (χ1v) is 12.2. The van der Waals surface area contributed by atoms with Crippen LogP contribution in [-0.2, 0) is 9.53 Å². The lowest BCUT2D eigenvalue weighted by atomic mass is 10.2. The second-order valence-corrected chi connectivity index (χ2v) is 9.27. The molecule has 33 heavy (non-hydrogen) atoms. The van der Waals surface area contributed by atoms with E-state index in [1.165, 1.54) is 11.3 Å². The Labute approximate surface area is 202 Å². The van der Waals surface area contributed by atoms with Crippen molar-refractivity contribution in [3.05, 3.63) is 47.0 Å². The maximum Gasteiger partial charge on any atom is 0.266 e. The fraction of sp³-hybridized carbons (Fsp3) is 0.417. The zero-order valence-corrected chi connectivity index (χ0v) is 20.5. The number of anilines is 1. The molecule has 0 atom stereocenters. The summed E-state index contributed by atoms with van der Waals surface area (Å²) in [6.45, 7) is 6.68. The van der Waals surface area contributed by atoms with Gasteiger partial charge >= 0.3 is 0 Å². The Bertz CT molecular complexity index is 1100. The second-order valence-electron chi connectivity index (χ2n) is 7.88. The maximum atomic E-state index is 13.3. The van der Waals surface area contributed by atoms with Gasteiger partial charge in [0.25, 0.3) is 5.91 Å². The second kappa shape index (κ2) is 11.2. The predicted octanol–water partition coefficient (Wildman–Crippen LogP) is 4.40. The number of thiazole rings is 1. The maximum absolute atomic E-state index is 13.3. The molecule has 9 heteroatoms. The summed E-state index contributed by atoms with van der Waals surface area (Å²) >= 11 is 7.81. The molecule has 176 valence electrons. The third-order valence-corrected chi connectivity index (χ3v) is 7.05. The number of amides is 1. The molecule has 1 fully saturated rings. The van der Waals surface area contributed by atoms with Crippen molar-refractivity contribution < 1.29 is 19.0 Å². The molecule has 0 aliphatic carbocycles. The Hall–Kier alpha value is -2.39. The van der Waals surface area contributed by atoms with Gasteiger partial charge in [0.15, 0.2) is 11.7 Å². The van der Waals surface area contributed by atoms with Crippen molar-refractivity contribution in [2.75, 3.05) is 58.0 Å². The largest absolute Gasteiger partial charge is 0.494 e. The summed E-state index contributed by atoms with van der Waals surface area (Å²) in [5, 5.41) is 1.18. The van der Waals surface area contributed by atoms with Crippen LogP contribution in [0.25, 0.3) is 10.2 Å². The van der Waals surface area contributed by atoms with Gasteiger partial charge in [-0.2, -0.15) is 0 Å². The van der Waals surface area contributed by atoms with Crippen LogP contribution in [0.1, 0.15) is 12.0 Å². The number of aromatic nitrogens is 1. The number of ether oxygens (including phenoxy) is 3. The standard InChI is InChI=1S/C24H28ClN3O4S/c1-17-5-3-6-18(15-17)32-16-21(29)28(10-4-9-27-11-13-31-14-12-27)24-26-22-20(30-2)8-7-19(25)23(22)33-24/h3,5-8,15H,4,9-14,16H2,1-2H3. The molecule has 0 saturated carbocycles. The minimum Gasteiger partial charge on any atom is -0.494 e. The van der Waals surface area contributed by atoms with Gasteiger partial charge in [-0.1, -0.05) is 35.1 Å². The zero-order valence-electron chi connectivity index (χ0n) is 18.9. The summed E-state index contributed by atoms with van der Waals surface area (Å²) in [4.78, 5) is 22.1.